The monoisotopic (exact) mass is 176 g/mol. The van der Waals surface area contributed by atoms with Gasteiger partial charge in [-0.05, 0) is 13.8 Å². The SMILES string of the molecule is CC(C)C(=O)C(C)(C)OCCF. The zero-order valence-electron chi connectivity index (χ0n) is 8.19. The third-order valence-corrected chi connectivity index (χ3v) is 1.66. The zero-order valence-corrected chi connectivity index (χ0v) is 8.19. The summed E-state index contributed by atoms with van der Waals surface area (Å²) in [6.45, 7) is 6.40. The Kier molecular flexibility index (Phi) is 4.39. The molecule has 0 aromatic heterocycles. The first-order valence-corrected chi connectivity index (χ1v) is 4.16. The molecule has 0 aliphatic heterocycles. The number of rotatable bonds is 5. The molecule has 0 N–H and O–H groups in total. The first-order valence-electron chi connectivity index (χ1n) is 4.16. The Hall–Kier alpha value is -0.440. The van der Waals surface area contributed by atoms with Crippen LogP contribution in [0.3, 0.4) is 0 Å². The lowest BCUT2D eigenvalue weighted by atomic mass is 9.94. The number of alkyl halides is 1. The molecule has 2 nitrogen and oxygen atoms in total. The number of carbonyl (C=O) groups excluding carboxylic acids is 1. The Morgan fingerprint density at radius 2 is 2.00 bits per heavy atom. The van der Waals surface area contributed by atoms with Gasteiger partial charge < -0.3 is 4.74 Å². The van der Waals surface area contributed by atoms with Gasteiger partial charge in [-0.25, -0.2) is 4.39 Å². The summed E-state index contributed by atoms with van der Waals surface area (Å²) in [6.07, 6.45) is 0. The number of hydrogen-bond acceptors (Lipinski definition) is 2. The Morgan fingerprint density at radius 3 is 2.33 bits per heavy atom. The Morgan fingerprint density at radius 1 is 1.50 bits per heavy atom. The highest BCUT2D eigenvalue weighted by Gasteiger charge is 2.29. The fraction of sp³-hybridized carbons (Fsp3) is 0.889. The van der Waals surface area contributed by atoms with E-state index in [1.165, 1.54) is 0 Å². The predicted molar refractivity (Wildman–Crippen MR) is 45.9 cm³/mol. The molecule has 12 heavy (non-hydrogen) atoms. The highest BCUT2D eigenvalue weighted by Crippen LogP contribution is 2.15. The van der Waals surface area contributed by atoms with E-state index < -0.39 is 12.3 Å². The van der Waals surface area contributed by atoms with E-state index in [4.69, 9.17) is 4.74 Å². The van der Waals surface area contributed by atoms with Gasteiger partial charge in [-0.3, -0.25) is 4.79 Å². The molecule has 0 aromatic carbocycles. The summed E-state index contributed by atoms with van der Waals surface area (Å²) < 4.78 is 16.8. The maximum Gasteiger partial charge on any atom is 0.166 e. The van der Waals surface area contributed by atoms with Gasteiger partial charge in [-0.15, -0.1) is 0 Å². The van der Waals surface area contributed by atoms with Crippen molar-refractivity contribution < 1.29 is 13.9 Å². The number of ether oxygens (including phenoxy) is 1. The minimum Gasteiger partial charge on any atom is -0.365 e. The molecule has 0 unspecified atom stereocenters. The molecule has 0 bridgehead atoms. The first kappa shape index (κ1) is 11.6. The van der Waals surface area contributed by atoms with Crippen LogP contribution in [0.1, 0.15) is 27.7 Å². The lowest BCUT2D eigenvalue weighted by Gasteiger charge is -2.24. The summed E-state index contributed by atoms with van der Waals surface area (Å²) in [5.74, 6) is -0.0597. The highest BCUT2D eigenvalue weighted by molar-refractivity contribution is 5.88. The van der Waals surface area contributed by atoms with Crippen molar-refractivity contribution in [1.29, 1.82) is 0 Å². The van der Waals surface area contributed by atoms with Crippen molar-refractivity contribution in [3.05, 3.63) is 0 Å². The molecule has 0 aliphatic rings. The average Bonchev–Trinajstić information content (AvgIpc) is 1.99. The summed E-state index contributed by atoms with van der Waals surface area (Å²) in [5.41, 5.74) is -0.847. The number of halogens is 1. The molecule has 0 aliphatic carbocycles. The molecule has 72 valence electrons. The Labute approximate surface area is 73.1 Å². The zero-order chi connectivity index (χ0) is 9.78. The largest absolute Gasteiger partial charge is 0.365 e. The summed E-state index contributed by atoms with van der Waals surface area (Å²) in [6, 6.07) is 0. The minimum absolute atomic E-state index is 0.00847. The van der Waals surface area contributed by atoms with Crippen LogP contribution in [-0.2, 0) is 9.53 Å². The molecule has 0 saturated carbocycles. The molecule has 0 rings (SSSR count). The lowest BCUT2D eigenvalue weighted by molar-refractivity contribution is -0.144. The van der Waals surface area contributed by atoms with Crippen LogP contribution in [-0.4, -0.2) is 24.7 Å². The smallest absolute Gasteiger partial charge is 0.166 e. The molecule has 0 amide bonds. The van der Waals surface area contributed by atoms with Crippen molar-refractivity contribution in [2.75, 3.05) is 13.3 Å². The van der Waals surface area contributed by atoms with Gasteiger partial charge in [0.15, 0.2) is 5.78 Å². The Balaban J connectivity index is 4.09. The second kappa shape index (κ2) is 4.55. The van der Waals surface area contributed by atoms with Crippen LogP contribution < -0.4 is 0 Å². The van der Waals surface area contributed by atoms with E-state index in [0.717, 1.165) is 0 Å². The van der Waals surface area contributed by atoms with Crippen LogP contribution in [0.2, 0.25) is 0 Å². The second-order valence-electron chi connectivity index (χ2n) is 3.57. The third kappa shape index (κ3) is 3.30. The van der Waals surface area contributed by atoms with E-state index in [9.17, 15) is 9.18 Å². The predicted octanol–water partition coefficient (Wildman–Crippen LogP) is 1.98. The maximum atomic E-state index is 11.8. The fourth-order valence-electron chi connectivity index (χ4n) is 1.06. The van der Waals surface area contributed by atoms with Crippen molar-refractivity contribution >= 4 is 5.78 Å². The van der Waals surface area contributed by atoms with Crippen molar-refractivity contribution in [3.8, 4) is 0 Å². The highest BCUT2D eigenvalue weighted by atomic mass is 19.1. The average molecular weight is 176 g/mol. The van der Waals surface area contributed by atoms with Gasteiger partial charge in [-0.2, -0.15) is 0 Å². The topological polar surface area (TPSA) is 26.3 Å². The van der Waals surface area contributed by atoms with Crippen molar-refractivity contribution in [2.24, 2.45) is 5.92 Å². The van der Waals surface area contributed by atoms with Crippen LogP contribution in [0.15, 0.2) is 0 Å². The molecule has 0 aromatic rings. The summed E-state index contributed by atoms with van der Waals surface area (Å²) in [7, 11) is 0. The molecule has 0 heterocycles. The van der Waals surface area contributed by atoms with Gasteiger partial charge in [0.05, 0.1) is 6.61 Å². The van der Waals surface area contributed by atoms with E-state index in [1.54, 1.807) is 13.8 Å². The third-order valence-electron chi connectivity index (χ3n) is 1.66. The van der Waals surface area contributed by atoms with E-state index in [1.807, 2.05) is 13.8 Å². The van der Waals surface area contributed by atoms with Crippen molar-refractivity contribution in [2.45, 2.75) is 33.3 Å². The van der Waals surface area contributed by atoms with Gasteiger partial charge in [-0.1, -0.05) is 13.8 Å². The maximum absolute atomic E-state index is 11.8. The van der Waals surface area contributed by atoms with Crippen LogP contribution >= 0.6 is 0 Å². The molecule has 3 heteroatoms. The van der Waals surface area contributed by atoms with E-state index in [0.29, 0.717) is 0 Å². The number of ketones is 1. The van der Waals surface area contributed by atoms with Gasteiger partial charge in [0, 0.05) is 5.92 Å². The van der Waals surface area contributed by atoms with E-state index >= 15 is 0 Å². The van der Waals surface area contributed by atoms with Crippen LogP contribution in [0.5, 0.6) is 0 Å². The van der Waals surface area contributed by atoms with Gasteiger partial charge in [0.2, 0.25) is 0 Å². The van der Waals surface area contributed by atoms with E-state index in [2.05, 4.69) is 0 Å². The summed E-state index contributed by atoms with van der Waals surface area (Å²) in [4.78, 5) is 11.4. The van der Waals surface area contributed by atoms with Crippen molar-refractivity contribution in [3.63, 3.8) is 0 Å². The fourth-order valence-corrected chi connectivity index (χ4v) is 1.06. The molecule has 0 spiro atoms. The molecular weight excluding hydrogens is 159 g/mol. The van der Waals surface area contributed by atoms with Crippen LogP contribution in [0.4, 0.5) is 4.39 Å². The molecule has 0 atom stereocenters. The molecule has 0 radical (unpaired) electrons. The number of Topliss-reactive ketones (excluding diaryl/α,β-unsaturated/α-hetero) is 1. The minimum atomic E-state index is -0.847. The van der Waals surface area contributed by atoms with Crippen molar-refractivity contribution in [1.82, 2.24) is 0 Å². The molecular formula is C9H17FO2. The lowest BCUT2D eigenvalue weighted by Crippen LogP contribution is -2.38. The summed E-state index contributed by atoms with van der Waals surface area (Å²) in [5, 5.41) is 0. The molecule has 0 saturated heterocycles. The Bertz CT molecular complexity index is 153. The normalized spacial score (nSPS) is 12.2. The second-order valence-corrected chi connectivity index (χ2v) is 3.57. The van der Waals surface area contributed by atoms with E-state index in [-0.39, 0.29) is 18.3 Å². The standard InChI is InChI=1S/C9H17FO2/c1-7(2)8(11)9(3,4)12-6-5-10/h7H,5-6H2,1-4H3. The van der Waals surface area contributed by atoms with Gasteiger partial charge >= 0.3 is 0 Å². The van der Waals surface area contributed by atoms with Gasteiger partial charge in [0.25, 0.3) is 0 Å². The quantitative estimate of drug-likeness (QED) is 0.640. The number of carbonyl (C=O) groups is 1. The van der Waals surface area contributed by atoms with Crippen LogP contribution in [0, 0.1) is 5.92 Å². The van der Waals surface area contributed by atoms with Gasteiger partial charge in [0.1, 0.15) is 12.3 Å². The number of hydrogen-bond donors (Lipinski definition) is 0. The summed E-state index contributed by atoms with van der Waals surface area (Å²) >= 11 is 0. The van der Waals surface area contributed by atoms with Crippen LogP contribution in [0.25, 0.3) is 0 Å². The first-order chi connectivity index (χ1) is 5.41. The molecule has 0 fully saturated rings.